The first-order chi connectivity index (χ1) is 16.2. The number of aromatic nitrogens is 2. The zero-order valence-electron chi connectivity index (χ0n) is 19.6. The van der Waals surface area contributed by atoms with E-state index in [-0.39, 0.29) is 0 Å². The lowest BCUT2D eigenvalue weighted by Gasteiger charge is -2.45. The van der Waals surface area contributed by atoms with Crippen molar-refractivity contribution in [1.82, 2.24) is 24.8 Å². The maximum atomic E-state index is 13.1. The number of rotatable bonds is 6. The Bertz CT molecular complexity index is 920. The van der Waals surface area contributed by atoms with Crippen LogP contribution in [0.2, 0.25) is 0 Å². The first-order valence-electron chi connectivity index (χ1n) is 12.4. The number of nitrogens with zero attached hydrogens (tertiary/aromatic N) is 5. The number of hydrogen-bond donors (Lipinski definition) is 0. The summed E-state index contributed by atoms with van der Waals surface area (Å²) in [6.07, 6.45) is 7.61. The van der Waals surface area contributed by atoms with E-state index in [2.05, 4.69) is 24.8 Å². The fourth-order valence-electron chi connectivity index (χ4n) is 5.69. The molecule has 0 bridgehead atoms. The normalized spacial score (nSPS) is 24.5. The van der Waals surface area contributed by atoms with E-state index in [9.17, 15) is 4.79 Å². The van der Waals surface area contributed by atoms with Gasteiger partial charge in [-0.25, -0.2) is 0 Å². The molecule has 5 rings (SSSR count). The summed E-state index contributed by atoms with van der Waals surface area (Å²) in [4.78, 5) is 24.5. The van der Waals surface area contributed by atoms with Crippen LogP contribution in [-0.2, 0) is 11.3 Å². The molecule has 8 heteroatoms. The number of benzene rings is 1. The SMILES string of the molecule is COc1ccc(-c2noc(CN3CCN(CC(=O)N4CCCC5CCCCC54)CC3)n2)cc1. The van der Waals surface area contributed by atoms with Crippen LogP contribution in [0.15, 0.2) is 28.8 Å². The maximum Gasteiger partial charge on any atom is 0.241 e. The topological polar surface area (TPSA) is 74.9 Å². The third-order valence-corrected chi connectivity index (χ3v) is 7.56. The summed E-state index contributed by atoms with van der Waals surface area (Å²) in [5.74, 6) is 3.10. The Morgan fingerprint density at radius 1 is 1.00 bits per heavy atom. The molecule has 33 heavy (non-hydrogen) atoms. The molecule has 2 atom stereocenters. The van der Waals surface area contributed by atoms with E-state index in [1.165, 1.54) is 38.5 Å². The van der Waals surface area contributed by atoms with Gasteiger partial charge in [-0.05, 0) is 55.9 Å². The van der Waals surface area contributed by atoms with Crippen LogP contribution in [0.3, 0.4) is 0 Å². The Labute approximate surface area is 195 Å². The smallest absolute Gasteiger partial charge is 0.241 e. The number of methoxy groups -OCH3 is 1. The highest BCUT2D eigenvalue weighted by atomic mass is 16.5. The summed E-state index contributed by atoms with van der Waals surface area (Å²) < 4.78 is 10.7. The Balaban J connectivity index is 1.10. The average Bonchev–Trinajstić information content (AvgIpc) is 3.33. The highest BCUT2D eigenvalue weighted by Crippen LogP contribution is 2.35. The summed E-state index contributed by atoms with van der Waals surface area (Å²) in [7, 11) is 1.65. The maximum absolute atomic E-state index is 13.1. The number of fused-ring (bicyclic) bond motifs is 1. The second-order valence-electron chi connectivity index (χ2n) is 9.63. The lowest BCUT2D eigenvalue weighted by atomic mass is 9.78. The Kier molecular flexibility index (Phi) is 6.92. The van der Waals surface area contributed by atoms with E-state index in [0.717, 1.165) is 50.0 Å². The second kappa shape index (κ2) is 10.2. The van der Waals surface area contributed by atoms with Gasteiger partial charge in [-0.2, -0.15) is 4.98 Å². The standard InChI is InChI=1S/C25H35N5O3/c1-32-21-10-8-20(9-11-21)25-26-23(33-27-25)17-28-13-15-29(16-14-28)18-24(31)30-12-4-6-19-5-2-3-7-22(19)30/h8-11,19,22H,2-7,12-18H2,1H3. The number of piperazine rings is 1. The molecule has 1 aliphatic carbocycles. The van der Waals surface area contributed by atoms with Crippen molar-refractivity contribution in [3.05, 3.63) is 30.2 Å². The van der Waals surface area contributed by atoms with Gasteiger partial charge in [-0.15, -0.1) is 0 Å². The highest BCUT2D eigenvalue weighted by Gasteiger charge is 2.36. The number of ether oxygens (including phenoxy) is 1. The number of amides is 1. The third-order valence-electron chi connectivity index (χ3n) is 7.56. The molecule has 3 aliphatic rings. The Morgan fingerprint density at radius 2 is 1.73 bits per heavy atom. The van der Waals surface area contributed by atoms with Gasteiger partial charge >= 0.3 is 0 Å². The predicted molar refractivity (Wildman–Crippen MR) is 125 cm³/mol. The molecule has 2 saturated heterocycles. The van der Waals surface area contributed by atoms with E-state index in [0.29, 0.717) is 36.8 Å². The molecule has 2 aromatic rings. The summed E-state index contributed by atoms with van der Waals surface area (Å²) in [6, 6.07) is 8.15. The van der Waals surface area contributed by atoms with Gasteiger partial charge in [0.15, 0.2) is 0 Å². The zero-order chi connectivity index (χ0) is 22.6. The van der Waals surface area contributed by atoms with Gasteiger partial charge in [0, 0.05) is 44.3 Å². The van der Waals surface area contributed by atoms with Crippen LogP contribution in [-0.4, -0.2) is 83.2 Å². The van der Waals surface area contributed by atoms with Gasteiger partial charge in [0.05, 0.1) is 20.2 Å². The fourth-order valence-corrected chi connectivity index (χ4v) is 5.69. The Morgan fingerprint density at radius 3 is 2.52 bits per heavy atom. The third kappa shape index (κ3) is 5.22. The molecule has 1 aromatic heterocycles. The molecule has 0 N–H and O–H groups in total. The molecule has 0 radical (unpaired) electrons. The lowest BCUT2D eigenvalue weighted by Crippen LogP contribution is -2.54. The van der Waals surface area contributed by atoms with Crippen LogP contribution in [0.4, 0.5) is 0 Å². The van der Waals surface area contributed by atoms with E-state index in [1.54, 1.807) is 7.11 Å². The van der Waals surface area contributed by atoms with E-state index < -0.39 is 0 Å². The number of carbonyl (C=O) groups excluding carboxylic acids is 1. The summed E-state index contributed by atoms with van der Waals surface area (Å²) >= 11 is 0. The zero-order valence-corrected chi connectivity index (χ0v) is 19.6. The van der Waals surface area contributed by atoms with Crippen LogP contribution >= 0.6 is 0 Å². The molecule has 3 heterocycles. The number of piperidine rings is 1. The van der Waals surface area contributed by atoms with Crippen LogP contribution < -0.4 is 4.74 Å². The Hall–Kier alpha value is -2.45. The highest BCUT2D eigenvalue weighted by molar-refractivity contribution is 5.78. The summed E-state index contributed by atoms with van der Waals surface area (Å²) in [5.41, 5.74) is 0.909. The van der Waals surface area contributed by atoms with Gasteiger partial charge in [-0.3, -0.25) is 14.6 Å². The van der Waals surface area contributed by atoms with Gasteiger partial charge in [0.1, 0.15) is 5.75 Å². The minimum Gasteiger partial charge on any atom is -0.497 e. The van der Waals surface area contributed by atoms with E-state index in [1.807, 2.05) is 24.3 Å². The van der Waals surface area contributed by atoms with Crippen molar-refractivity contribution in [1.29, 1.82) is 0 Å². The van der Waals surface area contributed by atoms with Gasteiger partial charge in [0.2, 0.25) is 17.6 Å². The molecule has 0 spiro atoms. The van der Waals surface area contributed by atoms with Gasteiger partial charge in [-0.1, -0.05) is 18.0 Å². The quantitative estimate of drug-likeness (QED) is 0.665. The second-order valence-corrected chi connectivity index (χ2v) is 9.63. The van der Waals surface area contributed by atoms with Crippen molar-refractivity contribution in [2.24, 2.45) is 5.92 Å². The van der Waals surface area contributed by atoms with Crippen LogP contribution in [0.1, 0.15) is 44.4 Å². The number of carbonyl (C=O) groups is 1. The molecule has 2 unspecified atom stereocenters. The fraction of sp³-hybridized carbons (Fsp3) is 0.640. The van der Waals surface area contributed by atoms with Gasteiger partial charge < -0.3 is 14.2 Å². The molecule has 8 nitrogen and oxygen atoms in total. The molecule has 1 amide bonds. The molecule has 1 aromatic carbocycles. The lowest BCUT2D eigenvalue weighted by molar-refractivity contribution is -0.139. The first-order valence-corrected chi connectivity index (χ1v) is 12.4. The average molecular weight is 454 g/mol. The summed E-state index contributed by atoms with van der Waals surface area (Å²) in [5, 5.41) is 4.13. The van der Waals surface area contributed by atoms with Crippen molar-refractivity contribution >= 4 is 5.91 Å². The van der Waals surface area contributed by atoms with Crippen molar-refractivity contribution in [3.63, 3.8) is 0 Å². The number of hydrogen-bond acceptors (Lipinski definition) is 7. The largest absolute Gasteiger partial charge is 0.497 e. The summed E-state index contributed by atoms with van der Waals surface area (Å²) in [6.45, 7) is 5.74. The van der Waals surface area contributed by atoms with Crippen LogP contribution in [0.5, 0.6) is 5.75 Å². The molecular weight excluding hydrogens is 418 g/mol. The monoisotopic (exact) mass is 453 g/mol. The van der Waals surface area contributed by atoms with Crippen molar-refractivity contribution in [3.8, 4) is 17.1 Å². The van der Waals surface area contributed by atoms with Crippen molar-refractivity contribution in [2.75, 3.05) is 46.4 Å². The van der Waals surface area contributed by atoms with Crippen molar-refractivity contribution in [2.45, 2.75) is 51.1 Å². The molecule has 178 valence electrons. The van der Waals surface area contributed by atoms with Gasteiger partial charge in [0.25, 0.3) is 0 Å². The van der Waals surface area contributed by atoms with E-state index in [4.69, 9.17) is 9.26 Å². The minimum absolute atomic E-state index is 0.334. The first kappa shape index (κ1) is 22.3. The molecular formula is C25H35N5O3. The molecule has 1 saturated carbocycles. The van der Waals surface area contributed by atoms with Crippen molar-refractivity contribution < 1.29 is 14.1 Å². The van der Waals surface area contributed by atoms with Crippen LogP contribution in [0.25, 0.3) is 11.4 Å². The van der Waals surface area contributed by atoms with Crippen LogP contribution in [0, 0.1) is 5.92 Å². The predicted octanol–water partition coefficient (Wildman–Crippen LogP) is 3.04. The molecule has 3 fully saturated rings. The minimum atomic E-state index is 0.334. The molecule has 2 aliphatic heterocycles. The van der Waals surface area contributed by atoms with E-state index >= 15 is 0 Å². The number of likely N-dealkylation sites (tertiary alicyclic amines) is 1.